The van der Waals surface area contributed by atoms with Crippen LogP contribution < -0.4 is 19.9 Å². The lowest BCUT2D eigenvalue weighted by atomic mass is 9.94. The minimum atomic E-state index is -0.502. The summed E-state index contributed by atoms with van der Waals surface area (Å²) in [6.07, 6.45) is 3.18. The summed E-state index contributed by atoms with van der Waals surface area (Å²) in [6, 6.07) is 13.2. The topological polar surface area (TPSA) is 85.4 Å². The molecule has 2 aliphatic heterocycles. The number of carbonyl (C=O) groups excluding carboxylic acids is 2. The van der Waals surface area contributed by atoms with Crippen molar-refractivity contribution in [3.63, 3.8) is 0 Å². The summed E-state index contributed by atoms with van der Waals surface area (Å²) in [7, 11) is 5.75. The maximum atomic E-state index is 13.6. The van der Waals surface area contributed by atoms with E-state index in [2.05, 4.69) is 10.1 Å². The predicted molar refractivity (Wildman–Crippen MR) is 136 cm³/mol. The Hall–Kier alpha value is -3.69. The van der Waals surface area contributed by atoms with Crippen LogP contribution >= 0.6 is 0 Å². The number of para-hydroxylation sites is 1. The third kappa shape index (κ3) is 6.93. The number of hydrazone groups is 1. The third-order valence-electron chi connectivity index (χ3n) is 5.89. The Kier molecular flexibility index (Phi) is 8.02. The average Bonchev–Trinajstić information content (AvgIpc) is 3.28. The molecule has 3 radical (unpaired) electrons. The van der Waals surface area contributed by atoms with Crippen molar-refractivity contribution in [1.29, 1.82) is 0 Å². The lowest BCUT2D eigenvalue weighted by Gasteiger charge is -2.40. The number of benzene rings is 2. The highest BCUT2D eigenvalue weighted by atomic mass is 19.1. The van der Waals surface area contributed by atoms with E-state index in [1.807, 2.05) is 19.1 Å². The van der Waals surface area contributed by atoms with Crippen LogP contribution in [-0.2, 0) is 9.59 Å². The second-order valence-electron chi connectivity index (χ2n) is 9.04. The van der Waals surface area contributed by atoms with Crippen LogP contribution in [0, 0.1) is 12.4 Å². The monoisotopic (exact) mass is 492 g/mol. The van der Waals surface area contributed by atoms with E-state index in [1.54, 1.807) is 35.7 Å². The molecule has 1 saturated heterocycles. The summed E-state index contributed by atoms with van der Waals surface area (Å²) in [6.45, 7) is 4.78. The molecule has 2 aliphatic rings. The van der Waals surface area contributed by atoms with E-state index in [0.717, 1.165) is 12.8 Å². The summed E-state index contributed by atoms with van der Waals surface area (Å²) in [5, 5.41) is 5.67. The molecular formula is C26H30BFN4O4+. The van der Waals surface area contributed by atoms with Crippen molar-refractivity contribution in [2.45, 2.75) is 31.8 Å². The summed E-state index contributed by atoms with van der Waals surface area (Å²) in [5.74, 6) is -0.0447. The van der Waals surface area contributed by atoms with Crippen molar-refractivity contribution in [1.82, 2.24) is 9.91 Å². The third-order valence-corrected chi connectivity index (χ3v) is 5.89. The van der Waals surface area contributed by atoms with Crippen LogP contribution in [0.4, 0.5) is 4.39 Å². The zero-order chi connectivity index (χ0) is 25.5. The van der Waals surface area contributed by atoms with Gasteiger partial charge in [-0.15, -0.1) is 0 Å². The Labute approximate surface area is 212 Å². The normalized spacial score (nSPS) is 20.6. The number of likely N-dealkylation sites (tertiary alicyclic amines) is 1. The molecule has 0 aliphatic carbocycles. The first-order valence-corrected chi connectivity index (χ1v) is 11.8. The fraction of sp³-hybridized carbons (Fsp3) is 0.346. The van der Waals surface area contributed by atoms with Crippen molar-refractivity contribution in [3.8, 4) is 11.5 Å². The van der Waals surface area contributed by atoms with Gasteiger partial charge in [0, 0.05) is 7.97 Å². The van der Waals surface area contributed by atoms with Crippen LogP contribution in [0.2, 0.25) is 0 Å². The summed E-state index contributed by atoms with van der Waals surface area (Å²) in [5.41, 5.74) is 0.630. The van der Waals surface area contributed by atoms with Gasteiger partial charge in [-0.3, -0.25) is 9.80 Å². The second kappa shape index (κ2) is 11.4. The van der Waals surface area contributed by atoms with Crippen molar-refractivity contribution in [2.75, 3.05) is 26.2 Å². The van der Waals surface area contributed by atoms with Crippen LogP contribution in [0.15, 0.2) is 53.6 Å². The maximum absolute atomic E-state index is 13.6. The first-order valence-electron chi connectivity index (χ1n) is 11.8. The van der Waals surface area contributed by atoms with E-state index >= 15 is 0 Å². The van der Waals surface area contributed by atoms with Gasteiger partial charge >= 0.3 is 5.91 Å². The number of carbonyl (C=O) groups is 2. The lowest BCUT2D eigenvalue weighted by molar-refractivity contribution is -0.376. The van der Waals surface area contributed by atoms with E-state index in [1.165, 1.54) is 23.4 Å². The molecule has 1 N–H and O–H groups in total. The molecule has 10 heteroatoms. The van der Waals surface area contributed by atoms with Gasteiger partial charge in [-0.2, -0.15) is 10.1 Å². The minimum Gasteiger partial charge on any atom is -0.490 e. The van der Waals surface area contributed by atoms with Crippen molar-refractivity contribution < 1.29 is 29.9 Å². The molecule has 8 nitrogen and oxygen atoms in total. The van der Waals surface area contributed by atoms with Crippen LogP contribution in [0.3, 0.4) is 0 Å². The molecule has 0 bridgehead atoms. The highest BCUT2D eigenvalue weighted by Crippen LogP contribution is 2.27. The highest BCUT2D eigenvalue weighted by molar-refractivity contribution is 6.33. The van der Waals surface area contributed by atoms with Gasteiger partial charge in [0.1, 0.15) is 45.0 Å². The van der Waals surface area contributed by atoms with E-state index in [-0.39, 0.29) is 38.6 Å². The van der Waals surface area contributed by atoms with Gasteiger partial charge in [-0.25, -0.2) is 9.18 Å². The van der Waals surface area contributed by atoms with Gasteiger partial charge < -0.3 is 14.4 Å². The second-order valence-corrected chi connectivity index (χ2v) is 9.04. The summed E-state index contributed by atoms with van der Waals surface area (Å²) < 4.78 is 25.1. The quantitative estimate of drug-likeness (QED) is 0.546. The lowest BCUT2D eigenvalue weighted by Crippen LogP contribution is -2.78. The largest absolute Gasteiger partial charge is 0.490 e. The average molecular weight is 492 g/mol. The molecule has 36 heavy (non-hydrogen) atoms. The molecule has 2 amide bonds. The fourth-order valence-electron chi connectivity index (χ4n) is 4.11. The van der Waals surface area contributed by atoms with E-state index in [9.17, 15) is 14.0 Å². The minimum absolute atomic E-state index is 0. The van der Waals surface area contributed by atoms with Crippen molar-refractivity contribution in [3.05, 3.63) is 60.9 Å². The number of hydrogen-bond acceptors (Lipinski definition) is 6. The van der Waals surface area contributed by atoms with Crippen molar-refractivity contribution in [2.24, 2.45) is 5.10 Å². The Morgan fingerprint density at radius 2 is 2.00 bits per heavy atom. The fourth-order valence-corrected chi connectivity index (χ4v) is 4.11. The molecule has 1 fully saturated rings. The Morgan fingerprint density at radius 1 is 1.22 bits per heavy atom. The number of amides is 2. The standard InChI is InChI=1S/C26H27BFN4O4.H2/c1-26(36-21-9-7-19(27)8-10-21)12-4-13-31(18-26)25(34)17-32-16-20(15-29-32)30-24(33)11-14-35-23-6-3-2-5-22(23)28;/h2-3,5-10,15-16H,4,11-14,17-18H2,1H3;1H/p+1. The number of rotatable bonds is 8. The Morgan fingerprint density at radius 3 is 2.78 bits per heavy atom. The first-order chi connectivity index (χ1) is 17.3. The molecule has 1 atom stereocenters. The number of halogens is 1. The number of nitrogens with zero attached hydrogens (tertiary/aromatic N) is 3. The molecule has 2 heterocycles. The molecule has 187 valence electrons. The number of piperidine rings is 1. The molecule has 2 aromatic carbocycles. The molecule has 0 spiro atoms. The van der Waals surface area contributed by atoms with Crippen LogP contribution in [0.25, 0.3) is 0 Å². The van der Waals surface area contributed by atoms with E-state index in [4.69, 9.17) is 17.3 Å². The maximum Gasteiger partial charge on any atom is 0.389 e. The van der Waals surface area contributed by atoms with Gasteiger partial charge in [0.2, 0.25) is 11.6 Å². The van der Waals surface area contributed by atoms with Crippen LogP contribution in [-0.4, -0.2) is 73.3 Å². The van der Waals surface area contributed by atoms with Crippen molar-refractivity contribution >= 4 is 37.0 Å². The van der Waals surface area contributed by atoms with Gasteiger partial charge in [0.25, 0.3) is 0 Å². The number of nitrogens with one attached hydrogen (secondary N) is 1. The molecular weight excluding hydrogens is 462 g/mol. The molecule has 1 unspecified atom stereocenters. The van der Waals surface area contributed by atoms with Gasteiger partial charge in [0.15, 0.2) is 18.1 Å². The van der Waals surface area contributed by atoms with E-state index in [0.29, 0.717) is 30.0 Å². The highest BCUT2D eigenvalue weighted by Gasteiger charge is 2.36. The summed E-state index contributed by atoms with van der Waals surface area (Å²) in [4.78, 5) is 29.6. The Bertz CT molecular complexity index is 1160. The van der Waals surface area contributed by atoms with Gasteiger partial charge in [-0.1, -0.05) is 29.7 Å². The number of hydrogen-bond donors (Lipinski definition) is 1. The SMILES string of the molecule is [B]c1ccc(OC2(C)CCCN(C(=O)CN3[CH]C(=[NH+]C(=O)CCOc4ccccc4F)C=N3)C2)cc1.[HH]. The zero-order valence-corrected chi connectivity index (χ0v) is 20.2. The van der Waals surface area contributed by atoms with Gasteiger partial charge in [0.05, 0.1) is 6.54 Å². The van der Waals surface area contributed by atoms with Crippen LogP contribution in [0.5, 0.6) is 11.5 Å². The smallest absolute Gasteiger partial charge is 0.389 e. The Balaban J connectivity index is 0.00000380. The molecule has 4 rings (SSSR count). The van der Waals surface area contributed by atoms with Crippen LogP contribution in [0.1, 0.15) is 27.6 Å². The molecule has 0 saturated carbocycles. The van der Waals surface area contributed by atoms with E-state index < -0.39 is 11.4 Å². The first kappa shape index (κ1) is 25.4. The number of ether oxygens (including phenoxy) is 2. The molecule has 0 aromatic heterocycles. The predicted octanol–water partition coefficient (Wildman–Crippen LogP) is 0.606. The molecule has 2 aromatic rings. The summed E-state index contributed by atoms with van der Waals surface area (Å²) >= 11 is 0. The van der Waals surface area contributed by atoms with Gasteiger partial charge in [-0.05, 0) is 44.0 Å². The zero-order valence-electron chi connectivity index (χ0n) is 20.2.